The van der Waals surface area contributed by atoms with Crippen LogP contribution in [0.5, 0.6) is 11.5 Å². The van der Waals surface area contributed by atoms with E-state index in [4.69, 9.17) is 9.47 Å². The van der Waals surface area contributed by atoms with Gasteiger partial charge in [-0.05, 0) is 29.7 Å². The first-order valence-electron chi connectivity index (χ1n) is 9.77. The molecule has 2 aliphatic rings. The molecule has 2 atom stereocenters. The first-order chi connectivity index (χ1) is 13.5. The second-order valence-electron chi connectivity index (χ2n) is 8.00. The SMILES string of the molecule is CC(C)(CNC(=O)C1CC(c2ccccc2)NN1)c1ccc2c(c1)OCCO2. The van der Waals surface area contributed by atoms with Crippen LogP contribution in [0, 0.1) is 0 Å². The van der Waals surface area contributed by atoms with Crippen LogP contribution in [0.4, 0.5) is 0 Å². The molecule has 2 aromatic rings. The van der Waals surface area contributed by atoms with E-state index in [1.165, 1.54) is 5.56 Å². The van der Waals surface area contributed by atoms with Crippen LogP contribution in [0.3, 0.4) is 0 Å². The average Bonchev–Trinajstić information content (AvgIpc) is 3.23. The largest absolute Gasteiger partial charge is 0.486 e. The minimum absolute atomic E-state index is 0.0107. The summed E-state index contributed by atoms with van der Waals surface area (Å²) in [6.45, 7) is 5.92. The Morgan fingerprint density at radius 1 is 1.07 bits per heavy atom. The monoisotopic (exact) mass is 381 g/mol. The molecule has 28 heavy (non-hydrogen) atoms. The summed E-state index contributed by atoms with van der Waals surface area (Å²) in [6, 6.07) is 16.1. The molecule has 148 valence electrons. The zero-order valence-corrected chi connectivity index (χ0v) is 16.3. The minimum atomic E-state index is -0.249. The maximum absolute atomic E-state index is 12.7. The van der Waals surface area contributed by atoms with Crippen LogP contribution < -0.4 is 25.6 Å². The molecule has 0 radical (unpaired) electrons. The van der Waals surface area contributed by atoms with Crippen molar-refractivity contribution < 1.29 is 14.3 Å². The molecule has 6 heteroatoms. The van der Waals surface area contributed by atoms with Crippen molar-refractivity contribution in [3.8, 4) is 11.5 Å². The molecule has 1 amide bonds. The van der Waals surface area contributed by atoms with Crippen molar-refractivity contribution in [3.63, 3.8) is 0 Å². The molecule has 2 heterocycles. The highest BCUT2D eigenvalue weighted by Crippen LogP contribution is 2.35. The lowest BCUT2D eigenvalue weighted by atomic mass is 9.84. The Bertz CT molecular complexity index is 838. The van der Waals surface area contributed by atoms with Gasteiger partial charge in [-0.25, -0.2) is 10.9 Å². The van der Waals surface area contributed by atoms with Crippen LogP contribution >= 0.6 is 0 Å². The van der Waals surface area contributed by atoms with Gasteiger partial charge in [0.15, 0.2) is 11.5 Å². The highest BCUT2D eigenvalue weighted by atomic mass is 16.6. The van der Waals surface area contributed by atoms with Crippen molar-refractivity contribution in [2.45, 2.75) is 37.8 Å². The summed E-state index contributed by atoms with van der Waals surface area (Å²) in [5, 5.41) is 3.10. The number of hydrogen-bond donors (Lipinski definition) is 3. The van der Waals surface area contributed by atoms with E-state index >= 15 is 0 Å². The zero-order chi connectivity index (χ0) is 19.6. The molecule has 0 bridgehead atoms. The van der Waals surface area contributed by atoms with Gasteiger partial charge in [-0.2, -0.15) is 0 Å². The van der Waals surface area contributed by atoms with Gasteiger partial charge in [0.2, 0.25) is 5.91 Å². The second-order valence-corrected chi connectivity index (χ2v) is 8.00. The van der Waals surface area contributed by atoms with E-state index in [0.29, 0.717) is 19.8 Å². The molecule has 0 aromatic heterocycles. The molecule has 1 fully saturated rings. The summed E-state index contributed by atoms with van der Waals surface area (Å²) >= 11 is 0. The molecule has 2 aromatic carbocycles. The fraction of sp³-hybridized carbons (Fsp3) is 0.409. The van der Waals surface area contributed by atoms with Crippen LogP contribution in [-0.2, 0) is 10.2 Å². The van der Waals surface area contributed by atoms with Gasteiger partial charge in [0.05, 0.1) is 0 Å². The maximum atomic E-state index is 12.7. The Hall–Kier alpha value is -2.57. The molecule has 6 nitrogen and oxygen atoms in total. The molecule has 2 aliphatic heterocycles. The highest BCUT2D eigenvalue weighted by Gasteiger charge is 2.31. The molecule has 2 unspecified atom stereocenters. The number of carbonyl (C=O) groups is 1. The van der Waals surface area contributed by atoms with Crippen LogP contribution in [0.15, 0.2) is 48.5 Å². The summed E-state index contributed by atoms with van der Waals surface area (Å²) in [5.41, 5.74) is 8.41. The van der Waals surface area contributed by atoms with Gasteiger partial charge < -0.3 is 14.8 Å². The maximum Gasteiger partial charge on any atom is 0.238 e. The predicted molar refractivity (Wildman–Crippen MR) is 107 cm³/mol. The standard InChI is InChI=1S/C22H27N3O3/c1-22(2,16-8-9-19-20(12-16)28-11-10-27-19)14-23-21(26)18-13-17(24-25-18)15-6-4-3-5-7-15/h3-9,12,17-18,24-25H,10-11,13-14H2,1-2H3,(H,23,26). The quantitative estimate of drug-likeness (QED) is 0.742. The summed E-state index contributed by atoms with van der Waals surface area (Å²) in [5.74, 6) is 1.56. The van der Waals surface area contributed by atoms with Crippen molar-refractivity contribution in [2.75, 3.05) is 19.8 Å². The van der Waals surface area contributed by atoms with Gasteiger partial charge in [-0.3, -0.25) is 4.79 Å². The van der Waals surface area contributed by atoms with Crippen LogP contribution in [0.1, 0.15) is 37.4 Å². The molecule has 3 N–H and O–H groups in total. The van der Waals surface area contributed by atoms with Gasteiger partial charge in [-0.1, -0.05) is 50.2 Å². The number of fused-ring (bicyclic) bond motifs is 1. The topological polar surface area (TPSA) is 71.6 Å². The lowest BCUT2D eigenvalue weighted by Crippen LogP contribution is -2.46. The predicted octanol–water partition coefficient (Wildman–Crippen LogP) is 2.46. The van der Waals surface area contributed by atoms with Crippen molar-refractivity contribution in [2.24, 2.45) is 0 Å². The Morgan fingerprint density at radius 3 is 2.61 bits per heavy atom. The van der Waals surface area contributed by atoms with Crippen molar-refractivity contribution >= 4 is 5.91 Å². The Morgan fingerprint density at radius 2 is 1.82 bits per heavy atom. The fourth-order valence-electron chi connectivity index (χ4n) is 3.63. The molecule has 0 saturated carbocycles. The lowest BCUT2D eigenvalue weighted by molar-refractivity contribution is -0.123. The summed E-state index contributed by atoms with van der Waals surface area (Å²) in [7, 11) is 0. The Kier molecular flexibility index (Phi) is 5.24. The fourth-order valence-corrected chi connectivity index (χ4v) is 3.63. The van der Waals surface area contributed by atoms with Gasteiger partial charge in [0.1, 0.15) is 19.3 Å². The van der Waals surface area contributed by atoms with Crippen LogP contribution in [-0.4, -0.2) is 31.7 Å². The molecule has 0 aliphatic carbocycles. The molecular formula is C22H27N3O3. The van der Waals surface area contributed by atoms with E-state index < -0.39 is 0 Å². The molecule has 1 saturated heterocycles. The third-order valence-electron chi connectivity index (χ3n) is 5.45. The first-order valence-corrected chi connectivity index (χ1v) is 9.77. The molecule has 0 spiro atoms. The van der Waals surface area contributed by atoms with Gasteiger partial charge in [0.25, 0.3) is 0 Å². The normalized spacial score (nSPS) is 21.4. The van der Waals surface area contributed by atoms with Crippen molar-refractivity contribution in [1.29, 1.82) is 0 Å². The van der Waals surface area contributed by atoms with E-state index in [0.717, 1.165) is 23.5 Å². The number of ether oxygens (including phenoxy) is 2. The first kappa shape index (κ1) is 18.8. The lowest BCUT2D eigenvalue weighted by Gasteiger charge is -2.28. The third kappa shape index (κ3) is 3.98. The van der Waals surface area contributed by atoms with Gasteiger partial charge in [0, 0.05) is 18.0 Å². The van der Waals surface area contributed by atoms with E-state index in [-0.39, 0.29) is 23.4 Å². The summed E-state index contributed by atoms with van der Waals surface area (Å²) in [4.78, 5) is 12.7. The minimum Gasteiger partial charge on any atom is -0.486 e. The van der Waals surface area contributed by atoms with Gasteiger partial charge in [-0.15, -0.1) is 0 Å². The van der Waals surface area contributed by atoms with Crippen molar-refractivity contribution in [1.82, 2.24) is 16.2 Å². The second kappa shape index (κ2) is 7.81. The Balaban J connectivity index is 1.35. The number of hydrazine groups is 1. The van der Waals surface area contributed by atoms with E-state index in [2.05, 4.69) is 42.1 Å². The average molecular weight is 381 g/mol. The number of hydrogen-bond acceptors (Lipinski definition) is 5. The van der Waals surface area contributed by atoms with Crippen molar-refractivity contribution in [3.05, 3.63) is 59.7 Å². The van der Waals surface area contributed by atoms with Gasteiger partial charge >= 0.3 is 0 Å². The smallest absolute Gasteiger partial charge is 0.238 e. The number of rotatable bonds is 5. The van der Waals surface area contributed by atoms with E-state index in [1.807, 2.05) is 36.4 Å². The zero-order valence-electron chi connectivity index (χ0n) is 16.3. The molecular weight excluding hydrogens is 354 g/mol. The van der Waals surface area contributed by atoms with E-state index in [9.17, 15) is 4.79 Å². The van der Waals surface area contributed by atoms with Crippen LogP contribution in [0.25, 0.3) is 0 Å². The summed E-state index contributed by atoms with van der Waals surface area (Å²) in [6.07, 6.45) is 0.723. The third-order valence-corrected chi connectivity index (χ3v) is 5.45. The Labute approximate surface area is 165 Å². The molecule has 4 rings (SSSR count). The van der Waals surface area contributed by atoms with Crippen LogP contribution in [0.2, 0.25) is 0 Å². The number of nitrogens with one attached hydrogen (secondary N) is 3. The number of amides is 1. The summed E-state index contributed by atoms with van der Waals surface area (Å²) < 4.78 is 11.3. The highest BCUT2D eigenvalue weighted by molar-refractivity contribution is 5.82. The van der Waals surface area contributed by atoms with E-state index in [1.54, 1.807) is 0 Å². The number of benzene rings is 2. The number of carbonyl (C=O) groups excluding carboxylic acids is 1.